The van der Waals surface area contributed by atoms with Gasteiger partial charge in [0.05, 0.1) is 10.9 Å². The zero-order valence-corrected chi connectivity index (χ0v) is 18.3. The first-order valence-electron chi connectivity index (χ1n) is 9.93. The van der Waals surface area contributed by atoms with Crippen LogP contribution in [0.3, 0.4) is 0 Å². The molecule has 8 nitrogen and oxygen atoms in total. The first-order valence-corrected chi connectivity index (χ1v) is 10.7. The maximum absolute atomic E-state index is 12.8. The molecule has 0 radical (unpaired) electrons. The van der Waals surface area contributed by atoms with E-state index in [4.69, 9.17) is 0 Å². The van der Waals surface area contributed by atoms with Gasteiger partial charge in [-0.05, 0) is 66.2 Å². The highest BCUT2D eigenvalue weighted by molar-refractivity contribution is 8.18. The van der Waals surface area contributed by atoms with Gasteiger partial charge in [0.2, 0.25) is 5.91 Å². The topological polar surface area (TPSA) is 112 Å². The number of amides is 3. The molecule has 0 bridgehead atoms. The number of anilines is 1. The smallest absolute Gasteiger partial charge is 0.294 e. The SMILES string of the molecule is Cc1ccccc1NC(=O)CN1C(=O)S/C(=C\c2cccn2-c2cccc(C(=O)[O-])c2)C1=O. The summed E-state index contributed by atoms with van der Waals surface area (Å²) in [5, 5.41) is 13.3. The lowest BCUT2D eigenvalue weighted by molar-refractivity contribution is -0.255. The lowest BCUT2D eigenvalue weighted by Gasteiger charge is -2.13. The molecule has 3 aromatic rings. The van der Waals surface area contributed by atoms with E-state index in [-0.39, 0.29) is 10.5 Å². The molecule has 0 atom stereocenters. The Morgan fingerprint density at radius 1 is 1.06 bits per heavy atom. The number of imide groups is 1. The molecule has 1 aliphatic rings. The van der Waals surface area contributed by atoms with Crippen LogP contribution in [0.15, 0.2) is 71.8 Å². The number of para-hydroxylation sites is 1. The van der Waals surface area contributed by atoms with Gasteiger partial charge in [-0.25, -0.2) is 0 Å². The van der Waals surface area contributed by atoms with Crippen LogP contribution in [0.2, 0.25) is 0 Å². The molecule has 166 valence electrons. The largest absolute Gasteiger partial charge is 0.545 e. The molecule has 1 saturated heterocycles. The lowest BCUT2D eigenvalue weighted by Crippen LogP contribution is -2.36. The number of carbonyl (C=O) groups is 4. The molecule has 2 heterocycles. The van der Waals surface area contributed by atoms with Gasteiger partial charge in [0, 0.05) is 23.3 Å². The molecule has 3 amide bonds. The summed E-state index contributed by atoms with van der Waals surface area (Å²) in [6.45, 7) is 1.45. The van der Waals surface area contributed by atoms with Crippen molar-refractivity contribution in [1.82, 2.24) is 9.47 Å². The minimum atomic E-state index is -1.30. The third kappa shape index (κ3) is 4.73. The summed E-state index contributed by atoms with van der Waals surface area (Å²) < 4.78 is 1.69. The van der Waals surface area contributed by atoms with Gasteiger partial charge < -0.3 is 19.8 Å². The summed E-state index contributed by atoms with van der Waals surface area (Å²) >= 11 is 0.744. The van der Waals surface area contributed by atoms with Gasteiger partial charge in [0.1, 0.15) is 6.54 Å². The van der Waals surface area contributed by atoms with E-state index < -0.39 is 29.6 Å². The van der Waals surface area contributed by atoms with Crippen molar-refractivity contribution in [3.8, 4) is 5.69 Å². The van der Waals surface area contributed by atoms with Gasteiger partial charge in [0.15, 0.2) is 0 Å². The maximum atomic E-state index is 12.8. The molecule has 0 aliphatic carbocycles. The summed E-state index contributed by atoms with van der Waals surface area (Å²) in [6.07, 6.45) is 3.25. The number of hydrogen-bond donors (Lipinski definition) is 1. The van der Waals surface area contributed by atoms with Gasteiger partial charge in [-0.15, -0.1) is 0 Å². The highest BCUT2D eigenvalue weighted by Gasteiger charge is 2.36. The van der Waals surface area contributed by atoms with Crippen molar-refractivity contribution in [2.24, 2.45) is 0 Å². The number of nitrogens with one attached hydrogen (secondary N) is 1. The number of nitrogens with zero attached hydrogens (tertiary/aromatic N) is 2. The van der Waals surface area contributed by atoms with E-state index in [2.05, 4.69) is 5.32 Å². The van der Waals surface area contributed by atoms with Crippen LogP contribution in [-0.2, 0) is 9.59 Å². The zero-order chi connectivity index (χ0) is 23.5. The number of carboxylic acid groups (broad SMARTS) is 1. The summed E-state index contributed by atoms with van der Waals surface area (Å²) in [7, 11) is 0. The molecular weight excluding hydrogens is 442 g/mol. The van der Waals surface area contributed by atoms with E-state index in [1.807, 2.05) is 19.1 Å². The van der Waals surface area contributed by atoms with Crippen LogP contribution in [0, 0.1) is 6.92 Å². The molecular formula is C24H18N3O5S-. The number of aromatic carboxylic acids is 1. The van der Waals surface area contributed by atoms with Crippen LogP contribution < -0.4 is 10.4 Å². The number of benzene rings is 2. The zero-order valence-electron chi connectivity index (χ0n) is 17.5. The van der Waals surface area contributed by atoms with Crippen molar-refractivity contribution in [2.75, 3.05) is 11.9 Å². The predicted octanol–water partition coefficient (Wildman–Crippen LogP) is 2.82. The Morgan fingerprint density at radius 3 is 2.61 bits per heavy atom. The Morgan fingerprint density at radius 2 is 1.85 bits per heavy atom. The van der Waals surface area contributed by atoms with E-state index >= 15 is 0 Å². The first-order chi connectivity index (χ1) is 15.8. The summed E-state index contributed by atoms with van der Waals surface area (Å²) in [4.78, 5) is 49.9. The Kier molecular flexibility index (Phi) is 6.14. The van der Waals surface area contributed by atoms with Gasteiger partial charge in [0.25, 0.3) is 11.1 Å². The minimum Gasteiger partial charge on any atom is -0.545 e. The quantitative estimate of drug-likeness (QED) is 0.566. The van der Waals surface area contributed by atoms with Gasteiger partial charge in [-0.1, -0.05) is 30.3 Å². The fourth-order valence-corrected chi connectivity index (χ4v) is 4.17. The number of carboxylic acids is 1. The molecule has 2 aromatic carbocycles. The summed E-state index contributed by atoms with van der Waals surface area (Å²) in [5.74, 6) is -2.34. The Hall–Kier alpha value is -4.11. The molecule has 9 heteroatoms. The summed E-state index contributed by atoms with van der Waals surface area (Å²) in [5.41, 5.74) is 2.63. The predicted molar refractivity (Wildman–Crippen MR) is 123 cm³/mol. The number of carbonyl (C=O) groups excluding carboxylic acids is 4. The third-order valence-corrected chi connectivity index (χ3v) is 5.92. The average Bonchev–Trinajstić information content (AvgIpc) is 3.35. The Balaban J connectivity index is 1.53. The van der Waals surface area contributed by atoms with Crippen LogP contribution in [0.1, 0.15) is 21.6 Å². The molecule has 0 spiro atoms. The number of aromatic nitrogens is 1. The van der Waals surface area contributed by atoms with E-state index in [0.717, 1.165) is 22.2 Å². The fraction of sp³-hybridized carbons (Fsp3) is 0.0833. The molecule has 0 saturated carbocycles. The monoisotopic (exact) mass is 460 g/mol. The molecule has 1 aliphatic heterocycles. The van der Waals surface area contributed by atoms with Crippen LogP contribution in [0.25, 0.3) is 11.8 Å². The number of thioether (sulfide) groups is 1. The van der Waals surface area contributed by atoms with E-state index in [9.17, 15) is 24.3 Å². The van der Waals surface area contributed by atoms with Crippen molar-refractivity contribution < 1.29 is 24.3 Å². The second kappa shape index (κ2) is 9.17. The van der Waals surface area contributed by atoms with Crippen molar-refractivity contribution in [2.45, 2.75) is 6.92 Å². The van der Waals surface area contributed by atoms with E-state index in [1.165, 1.54) is 18.2 Å². The van der Waals surface area contributed by atoms with Crippen molar-refractivity contribution in [3.63, 3.8) is 0 Å². The number of rotatable bonds is 6. The fourth-order valence-electron chi connectivity index (χ4n) is 3.35. The molecule has 1 fully saturated rings. The third-order valence-electron chi connectivity index (χ3n) is 5.01. The highest BCUT2D eigenvalue weighted by Crippen LogP contribution is 2.32. The maximum Gasteiger partial charge on any atom is 0.294 e. The number of aryl methyl sites for hydroxylation is 1. The molecule has 1 aromatic heterocycles. The van der Waals surface area contributed by atoms with Crippen LogP contribution in [0.4, 0.5) is 10.5 Å². The lowest BCUT2D eigenvalue weighted by atomic mass is 10.2. The molecule has 1 N–H and O–H groups in total. The first kappa shape index (κ1) is 22.1. The molecule has 4 rings (SSSR count). The second-order valence-corrected chi connectivity index (χ2v) is 8.26. The normalized spacial score (nSPS) is 14.7. The average molecular weight is 460 g/mol. The Labute approximate surface area is 193 Å². The van der Waals surface area contributed by atoms with Crippen LogP contribution in [0.5, 0.6) is 0 Å². The highest BCUT2D eigenvalue weighted by atomic mass is 32.2. The molecule has 0 unspecified atom stereocenters. The second-order valence-electron chi connectivity index (χ2n) is 7.27. The molecule has 33 heavy (non-hydrogen) atoms. The van der Waals surface area contributed by atoms with Crippen molar-refractivity contribution in [1.29, 1.82) is 0 Å². The van der Waals surface area contributed by atoms with Crippen molar-refractivity contribution in [3.05, 3.63) is 88.6 Å². The summed E-state index contributed by atoms with van der Waals surface area (Å²) in [6, 6.07) is 16.9. The van der Waals surface area contributed by atoms with E-state index in [1.54, 1.807) is 47.2 Å². The van der Waals surface area contributed by atoms with Gasteiger partial charge in [-0.3, -0.25) is 19.3 Å². The minimum absolute atomic E-state index is 0.0205. The van der Waals surface area contributed by atoms with Gasteiger partial charge in [-0.2, -0.15) is 0 Å². The Bertz CT molecular complexity index is 1310. The van der Waals surface area contributed by atoms with Gasteiger partial charge >= 0.3 is 0 Å². The van der Waals surface area contributed by atoms with E-state index in [0.29, 0.717) is 17.1 Å². The van der Waals surface area contributed by atoms with Crippen LogP contribution >= 0.6 is 11.8 Å². The standard InChI is InChI=1S/C24H19N3O5S/c1-15-6-2-3-10-19(15)25-21(28)14-27-22(29)20(33-24(27)32)13-18-9-5-11-26(18)17-8-4-7-16(12-17)23(30)31/h2-13H,14H2,1H3,(H,25,28)(H,30,31)/p-1/b20-13-. The van der Waals surface area contributed by atoms with Crippen LogP contribution in [-0.4, -0.2) is 39.0 Å². The number of hydrogen-bond acceptors (Lipinski definition) is 6. The van der Waals surface area contributed by atoms with Crippen molar-refractivity contribution >= 4 is 46.5 Å².